The summed E-state index contributed by atoms with van der Waals surface area (Å²) in [6.07, 6.45) is 19.0. The van der Waals surface area contributed by atoms with Crippen molar-refractivity contribution >= 4 is 166 Å². The first-order valence-electron chi connectivity index (χ1n) is 35.4. The second kappa shape index (κ2) is 33.6. The molecule has 12 heterocycles. The summed E-state index contributed by atoms with van der Waals surface area (Å²) in [6, 6.07) is 27.6. The van der Waals surface area contributed by atoms with Gasteiger partial charge in [-0.1, -0.05) is 24.3 Å². The van der Waals surface area contributed by atoms with E-state index >= 15 is 0 Å². The van der Waals surface area contributed by atoms with Gasteiger partial charge in [0.1, 0.15) is 0 Å². The first-order chi connectivity index (χ1) is 51.7. The summed E-state index contributed by atoms with van der Waals surface area (Å²) in [6.45, 7) is 23.4. The summed E-state index contributed by atoms with van der Waals surface area (Å²) in [5.74, 6) is 13.8. The Morgan fingerprint density at radius 2 is 0.509 bits per heavy atom. The van der Waals surface area contributed by atoms with Gasteiger partial charge >= 0.3 is 0 Å². The number of thiazole rings is 4. The van der Waals surface area contributed by atoms with E-state index in [-0.39, 0.29) is 0 Å². The maximum atomic E-state index is 12.0. The SMILES string of the molecule is C=S(C)(=O)c1cnc(N2CCN([C@@H](C)c3ccc4scnc4c3)CC2)nc1.C=S(C)(=O)c1cnc(N2CCN([C@@H](C)c3ccc4scnc4c3)CC2)nc1.C=S(C)(=O)c1cnc(N2CCN([C@H](C)c3ccc4scnc4c3)CC2)nc1.C[C@H](c1ccc2scnc2c1)N1CCN(c2ncc([S@](C)(=N)=O)cn2)CC1. The molecule has 16 rings (SSSR count). The molecule has 8 aromatic heterocycles. The number of hydrogen-bond donors (Lipinski definition) is 1. The number of nitrogens with zero attached hydrogens (tertiary/aromatic N) is 20. The second-order valence-electron chi connectivity index (χ2n) is 27.8. The fourth-order valence-electron chi connectivity index (χ4n) is 13.4. The van der Waals surface area contributed by atoms with Crippen LogP contribution in [0.1, 0.15) is 74.1 Å². The predicted molar refractivity (Wildman–Crippen MR) is 449 cm³/mol. The summed E-state index contributed by atoms with van der Waals surface area (Å²) < 4.78 is 60.2. The van der Waals surface area contributed by atoms with Gasteiger partial charge in [-0.25, -0.2) is 68.8 Å². The van der Waals surface area contributed by atoms with Crippen molar-refractivity contribution in [2.75, 3.05) is 149 Å². The van der Waals surface area contributed by atoms with Crippen molar-refractivity contribution in [1.29, 1.82) is 4.78 Å². The zero-order valence-corrected chi connectivity index (χ0v) is 68.5. The molecule has 0 saturated carbocycles. The molecule has 0 radical (unpaired) electrons. The Morgan fingerprint density at radius 3 is 0.694 bits per heavy atom. The van der Waals surface area contributed by atoms with E-state index in [0.717, 1.165) is 127 Å². The van der Waals surface area contributed by atoms with Crippen molar-refractivity contribution in [3.8, 4) is 0 Å². The lowest BCUT2D eigenvalue weighted by Gasteiger charge is -2.38. The molecule has 4 saturated heterocycles. The van der Waals surface area contributed by atoms with E-state index in [9.17, 15) is 16.8 Å². The van der Waals surface area contributed by atoms with Crippen molar-refractivity contribution in [2.24, 2.45) is 0 Å². The molecule has 4 aromatic carbocycles. The standard InChI is InChI=1S/3C19H23N5OS2.C18H22N6OS2/c3*1-14(15-4-5-18-17(10-15)22-13-26-18)23-6-8-24(9-7-23)19-20-11-16(12-21-19)27(2,3)25;1-13(14-3-4-17-16(9-14)22-12-26-17)23-5-7-24(8-6-23)18-20-10-15(11-21-18)27(2,19)25/h3*4-5,10-14H,2,6-9H2,1,3H3;3-4,9-13,19H,5-8H2,1-2H3/t3*14-,27?;13-,27-/m1001/s1. The molecule has 12 aromatic rings. The molecule has 0 aliphatic carbocycles. The molecule has 3 unspecified atom stereocenters. The minimum absolute atomic E-state index is 0.328. The second-order valence-corrected chi connectivity index (χ2v) is 41.0. The molecule has 25 nitrogen and oxygen atoms in total. The van der Waals surface area contributed by atoms with Crippen LogP contribution in [0.3, 0.4) is 0 Å². The fourth-order valence-corrected chi connectivity index (χ4v) is 18.2. The average molecular weight is 1610 g/mol. The lowest BCUT2D eigenvalue weighted by molar-refractivity contribution is 0.198. The van der Waals surface area contributed by atoms with E-state index in [0.29, 0.717) is 67.5 Å². The van der Waals surface area contributed by atoms with Gasteiger partial charge in [0.05, 0.1) is 92.2 Å². The van der Waals surface area contributed by atoms with Crippen LogP contribution in [0, 0.1) is 4.78 Å². The van der Waals surface area contributed by atoms with Gasteiger partial charge in [-0.3, -0.25) is 32.2 Å². The molecule has 4 aliphatic rings. The van der Waals surface area contributed by atoms with Crippen LogP contribution in [0.5, 0.6) is 0 Å². The summed E-state index contributed by atoms with van der Waals surface area (Å²) >= 11 is 6.70. The molecule has 1 N–H and O–H groups in total. The minimum atomic E-state index is -2.77. The molecule has 8 atom stereocenters. The molecular formula is C75H91N21O4S8. The van der Waals surface area contributed by atoms with E-state index < -0.39 is 38.3 Å². The fraction of sp³-hybridized carbons (Fsp3) is 0.373. The first kappa shape index (κ1) is 77.9. The monoisotopic (exact) mass is 1610 g/mol. The van der Waals surface area contributed by atoms with E-state index in [4.69, 9.17) is 4.78 Å². The minimum Gasteiger partial charge on any atom is -0.338 e. The molecular weight excluding hydrogens is 1520 g/mol. The highest BCUT2D eigenvalue weighted by Gasteiger charge is 2.29. The van der Waals surface area contributed by atoms with Crippen LogP contribution < -0.4 is 19.6 Å². The number of nitrogens with one attached hydrogen (secondary N) is 1. The summed E-state index contributed by atoms with van der Waals surface area (Å²) in [5, 5.41) is 0. The number of fused-ring (bicyclic) bond motifs is 4. The van der Waals surface area contributed by atoms with E-state index in [1.165, 1.54) is 59.7 Å². The molecule has 108 heavy (non-hydrogen) atoms. The zero-order chi connectivity index (χ0) is 76.1. The summed E-state index contributed by atoms with van der Waals surface area (Å²) in [4.78, 5) is 73.4. The van der Waals surface area contributed by atoms with Crippen LogP contribution in [0.15, 0.2) is 164 Å². The molecule has 4 fully saturated rings. The Labute approximate surface area is 649 Å². The number of anilines is 4. The van der Waals surface area contributed by atoms with Crippen LogP contribution in [0.4, 0.5) is 23.8 Å². The zero-order valence-electron chi connectivity index (χ0n) is 61.9. The van der Waals surface area contributed by atoms with Gasteiger partial charge < -0.3 is 19.6 Å². The Bertz CT molecular complexity index is 4840. The van der Waals surface area contributed by atoms with E-state index in [1.807, 2.05) is 22.0 Å². The van der Waals surface area contributed by atoms with Gasteiger partial charge in [-0.05, 0) is 145 Å². The Balaban J connectivity index is 0.000000127. The Kier molecular flexibility index (Phi) is 24.2. The van der Waals surface area contributed by atoms with Crippen molar-refractivity contribution in [3.05, 3.63) is 167 Å². The van der Waals surface area contributed by atoms with Gasteiger partial charge in [-0.2, -0.15) is 0 Å². The smallest absolute Gasteiger partial charge is 0.225 e. The molecule has 33 heteroatoms. The number of benzene rings is 4. The number of rotatable bonds is 16. The third kappa shape index (κ3) is 19.0. The van der Waals surface area contributed by atoms with Crippen molar-refractivity contribution < 1.29 is 16.8 Å². The maximum Gasteiger partial charge on any atom is 0.225 e. The lowest BCUT2D eigenvalue weighted by Crippen LogP contribution is -2.47. The van der Waals surface area contributed by atoms with Crippen molar-refractivity contribution in [2.45, 2.75) is 71.4 Å². The van der Waals surface area contributed by atoms with Crippen molar-refractivity contribution in [1.82, 2.24) is 79.4 Å². The quantitative estimate of drug-likeness (QED) is 0.0880. The molecule has 4 aliphatic heterocycles. The lowest BCUT2D eigenvalue weighted by atomic mass is 10.1. The molecule has 0 spiro atoms. The predicted octanol–water partition coefficient (Wildman–Crippen LogP) is 11.0. The van der Waals surface area contributed by atoms with Crippen LogP contribution in [0.25, 0.3) is 40.9 Å². The average Bonchev–Trinajstić information content (AvgIpc) is 1.81. The summed E-state index contributed by atoms with van der Waals surface area (Å²) in [5.41, 5.74) is 17.1. The highest BCUT2D eigenvalue weighted by atomic mass is 32.2. The van der Waals surface area contributed by atoms with Crippen LogP contribution in [-0.4, -0.2) is 244 Å². The third-order valence-corrected chi connectivity index (χ3v) is 28.3. The molecule has 568 valence electrons. The first-order valence-corrected chi connectivity index (χ1v) is 47.3. The van der Waals surface area contributed by atoms with Crippen LogP contribution in [0.2, 0.25) is 0 Å². The van der Waals surface area contributed by atoms with Gasteiger partial charge in [0.15, 0.2) is 0 Å². The molecule has 0 bridgehead atoms. The number of piperazine rings is 4. The number of hydrogen-bond acceptors (Lipinski definition) is 29. The van der Waals surface area contributed by atoms with E-state index in [2.05, 4.69) is 217 Å². The van der Waals surface area contributed by atoms with Crippen LogP contribution in [-0.2, 0) is 38.3 Å². The topological polar surface area (TPSA) is 273 Å². The maximum absolute atomic E-state index is 12.0. The van der Waals surface area contributed by atoms with Gasteiger partial charge in [0.2, 0.25) is 23.8 Å². The van der Waals surface area contributed by atoms with Gasteiger partial charge in [0.25, 0.3) is 0 Å². The highest BCUT2D eigenvalue weighted by molar-refractivity contribution is 8.00. The van der Waals surface area contributed by atoms with E-state index in [1.54, 1.807) is 101 Å². The van der Waals surface area contributed by atoms with Crippen LogP contribution >= 0.6 is 45.3 Å². The molecule has 0 amide bonds. The third-order valence-electron chi connectivity index (χ3n) is 20.3. The van der Waals surface area contributed by atoms with Crippen molar-refractivity contribution in [3.63, 3.8) is 0 Å². The van der Waals surface area contributed by atoms with Gasteiger partial charge in [0, 0.05) is 203 Å². The normalized spacial score (nSPS) is 19.1. The summed E-state index contributed by atoms with van der Waals surface area (Å²) in [7, 11) is -9.57. The Morgan fingerprint density at radius 1 is 0.315 bits per heavy atom. The highest BCUT2D eigenvalue weighted by Crippen LogP contribution is 2.33. The largest absolute Gasteiger partial charge is 0.338 e. The Hall–Kier alpha value is -8.19. The number of aromatic nitrogens is 12. The van der Waals surface area contributed by atoms with Gasteiger partial charge in [-0.15, -0.1) is 45.3 Å².